The van der Waals surface area contributed by atoms with Gasteiger partial charge in [-0.15, -0.1) is 0 Å². The normalized spacial score (nSPS) is 16.8. The molecule has 0 unspecified atom stereocenters. The maximum Gasteiger partial charge on any atom is 0.0653 e. The van der Waals surface area contributed by atoms with Gasteiger partial charge in [0.1, 0.15) is 0 Å². The Balaban J connectivity index is 3.28. The van der Waals surface area contributed by atoms with Crippen molar-refractivity contribution in [2.24, 2.45) is 5.92 Å². The van der Waals surface area contributed by atoms with Gasteiger partial charge in [-0.2, -0.15) is 5.26 Å². The SMILES string of the molecule is C[C@@H](Br)C[C@@H](C)C#N. The minimum atomic E-state index is 0.185. The van der Waals surface area contributed by atoms with Gasteiger partial charge in [-0.1, -0.05) is 22.9 Å². The summed E-state index contributed by atoms with van der Waals surface area (Å²) in [5.74, 6) is 0.185. The first-order chi connectivity index (χ1) is 3.66. The lowest BCUT2D eigenvalue weighted by atomic mass is 10.1. The van der Waals surface area contributed by atoms with E-state index in [1.54, 1.807) is 0 Å². The van der Waals surface area contributed by atoms with E-state index in [1.165, 1.54) is 0 Å². The molecule has 0 saturated heterocycles. The quantitative estimate of drug-likeness (QED) is 0.592. The third kappa shape index (κ3) is 4.14. The molecule has 46 valence electrons. The molecule has 0 heterocycles. The molecule has 0 bridgehead atoms. The van der Waals surface area contributed by atoms with Gasteiger partial charge in [-0.3, -0.25) is 0 Å². The summed E-state index contributed by atoms with van der Waals surface area (Å²) in [4.78, 5) is 0.470. The van der Waals surface area contributed by atoms with Gasteiger partial charge in [0.2, 0.25) is 0 Å². The molecule has 0 aliphatic rings. The fourth-order valence-electron chi connectivity index (χ4n) is 0.540. The number of hydrogen-bond donors (Lipinski definition) is 0. The van der Waals surface area contributed by atoms with Gasteiger partial charge in [0.25, 0.3) is 0 Å². The fourth-order valence-corrected chi connectivity index (χ4v) is 1.10. The Morgan fingerprint density at radius 2 is 2.12 bits per heavy atom. The van der Waals surface area contributed by atoms with Gasteiger partial charge >= 0.3 is 0 Å². The number of nitrogens with zero attached hydrogens (tertiary/aromatic N) is 1. The maximum absolute atomic E-state index is 8.31. The lowest BCUT2D eigenvalue weighted by Gasteiger charge is -2.01. The Morgan fingerprint density at radius 3 is 2.25 bits per heavy atom. The second-order valence-electron chi connectivity index (χ2n) is 2.05. The summed E-state index contributed by atoms with van der Waals surface area (Å²) in [6.07, 6.45) is 0.941. The zero-order chi connectivity index (χ0) is 6.57. The van der Waals surface area contributed by atoms with Crippen molar-refractivity contribution in [2.75, 3.05) is 0 Å². The summed E-state index contributed by atoms with van der Waals surface area (Å²) in [6, 6.07) is 2.17. The summed E-state index contributed by atoms with van der Waals surface area (Å²) in [5, 5.41) is 8.31. The second kappa shape index (κ2) is 3.91. The van der Waals surface area contributed by atoms with Gasteiger partial charge in [0, 0.05) is 10.7 Å². The van der Waals surface area contributed by atoms with Crippen LogP contribution in [-0.2, 0) is 0 Å². The number of rotatable bonds is 2. The topological polar surface area (TPSA) is 23.8 Å². The molecule has 2 atom stereocenters. The van der Waals surface area contributed by atoms with E-state index in [0.717, 1.165) is 6.42 Å². The van der Waals surface area contributed by atoms with Crippen LogP contribution in [0.2, 0.25) is 0 Å². The molecule has 0 fully saturated rings. The standard InChI is InChI=1S/C6H10BrN/c1-5(4-8)3-6(2)7/h5-6H,3H2,1-2H3/t5-,6-/m1/s1. The van der Waals surface area contributed by atoms with Gasteiger partial charge in [0.15, 0.2) is 0 Å². The molecule has 0 saturated carbocycles. The average Bonchev–Trinajstić information content (AvgIpc) is 1.65. The highest BCUT2D eigenvalue weighted by Crippen LogP contribution is 2.10. The Labute approximate surface area is 58.8 Å². The van der Waals surface area contributed by atoms with Gasteiger partial charge in [-0.25, -0.2) is 0 Å². The molecule has 0 aromatic rings. The van der Waals surface area contributed by atoms with Crippen molar-refractivity contribution in [1.82, 2.24) is 0 Å². The molecular weight excluding hydrogens is 166 g/mol. The second-order valence-corrected chi connectivity index (χ2v) is 3.61. The number of hydrogen-bond acceptors (Lipinski definition) is 1. The van der Waals surface area contributed by atoms with Crippen molar-refractivity contribution in [1.29, 1.82) is 5.26 Å². The molecule has 0 amide bonds. The van der Waals surface area contributed by atoms with Gasteiger partial charge in [-0.05, 0) is 13.3 Å². The molecule has 0 radical (unpaired) electrons. The highest BCUT2D eigenvalue weighted by molar-refractivity contribution is 9.09. The van der Waals surface area contributed by atoms with E-state index >= 15 is 0 Å². The highest BCUT2D eigenvalue weighted by atomic mass is 79.9. The summed E-state index contributed by atoms with van der Waals surface area (Å²) in [6.45, 7) is 3.98. The third-order valence-corrected chi connectivity index (χ3v) is 1.27. The highest BCUT2D eigenvalue weighted by Gasteiger charge is 2.02. The van der Waals surface area contributed by atoms with Crippen molar-refractivity contribution in [3.8, 4) is 6.07 Å². The van der Waals surface area contributed by atoms with Crippen LogP contribution in [0, 0.1) is 17.2 Å². The van der Waals surface area contributed by atoms with E-state index in [9.17, 15) is 0 Å². The van der Waals surface area contributed by atoms with Gasteiger partial charge < -0.3 is 0 Å². The first kappa shape index (κ1) is 7.97. The van der Waals surface area contributed by atoms with Crippen molar-refractivity contribution in [2.45, 2.75) is 25.1 Å². The molecule has 1 nitrogen and oxygen atoms in total. The summed E-state index contributed by atoms with van der Waals surface area (Å²) >= 11 is 3.36. The first-order valence-corrected chi connectivity index (χ1v) is 3.62. The predicted octanol–water partition coefficient (Wildman–Crippen LogP) is 2.32. The van der Waals surface area contributed by atoms with Crippen LogP contribution >= 0.6 is 15.9 Å². The molecule has 0 rings (SSSR count). The minimum absolute atomic E-state index is 0.185. The average molecular weight is 176 g/mol. The molecule has 0 aromatic carbocycles. The lowest BCUT2D eigenvalue weighted by Crippen LogP contribution is -1.97. The van der Waals surface area contributed by atoms with E-state index in [0.29, 0.717) is 4.83 Å². The molecule has 0 aromatic heterocycles. The van der Waals surface area contributed by atoms with E-state index in [2.05, 4.69) is 22.0 Å². The molecule has 8 heavy (non-hydrogen) atoms. The van der Waals surface area contributed by atoms with Crippen molar-refractivity contribution >= 4 is 15.9 Å². The Kier molecular flexibility index (Phi) is 3.90. The predicted molar refractivity (Wildman–Crippen MR) is 37.8 cm³/mol. The first-order valence-electron chi connectivity index (χ1n) is 2.70. The van der Waals surface area contributed by atoms with Crippen LogP contribution < -0.4 is 0 Å². The van der Waals surface area contributed by atoms with Crippen LogP contribution in [0.3, 0.4) is 0 Å². The monoisotopic (exact) mass is 175 g/mol. The summed E-state index contributed by atoms with van der Waals surface area (Å²) < 4.78 is 0. The molecule has 0 spiro atoms. The molecule has 0 aliphatic heterocycles. The largest absolute Gasteiger partial charge is 0.198 e. The molecular formula is C6H10BrN. The number of alkyl halides is 1. The summed E-state index contributed by atoms with van der Waals surface area (Å²) in [5.41, 5.74) is 0. The van der Waals surface area contributed by atoms with E-state index in [1.807, 2.05) is 13.8 Å². The van der Waals surface area contributed by atoms with Crippen molar-refractivity contribution in [3.63, 3.8) is 0 Å². The van der Waals surface area contributed by atoms with E-state index < -0.39 is 0 Å². The number of nitriles is 1. The smallest absolute Gasteiger partial charge is 0.0653 e. The third-order valence-electron chi connectivity index (χ3n) is 0.899. The molecule has 0 N–H and O–H groups in total. The van der Waals surface area contributed by atoms with Crippen molar-refractivity contribution in [3.05, 3.63) is 0 Å². The van der Waals surface area contributed by atoms with E-state index in [4.69, 9.17) is 5.26 Å². The van der Waals surface area contributed by atoms with Crippen LogP contribution in [0.4, 0.5) is 0 Å². The lowest BCUT2D eigenvalue weighted by molar-refractivity contribution is 0.663. The summed E-state index contributed by atoms with van der Waals surface area (Å²) in [7, 11) is 0. The van der Waals surface area contributed by atoms with Crippen LogP contribution in [0.15, 0.2) is 0 Å². The zero-order valence-corrected chi connectivity index (χ0v) is 6.77. The fraction of sp³-hybridized carbons (Fsp3) is 0.833. The van der Waals surface area contributed by atoms with Crippen LogP contribution in [0.5, 0.6) is 0 Å². The molecule has 2 heteroatoms. The Morgan fingerprint density at radius 1 is 1.62 bits per heavy atom. The Hall–Kier alpha value is -0.0300. The molecule has 0 aliphatic carbocycles. The maximum atomic E-state index is 8.31. The minimum Gasteiger partial charge on any atom is -0.198 e. The van der Waals surface area contributed by atoms with Crippen LogP contribution in [0.1, 0.15) is 20.3 Å². The van der Waals surface area contributed by atoms with Crippen LogP contribution in [0.25, 0.3) is 0 Å². The van der Waals surface area contributed by atoms with Crippen molar-refractivity contribution < 1.29 is 0 Å². The zero-order valence-electron chi connectivity index (χ0n) is 5.19. The van der Waals surface area contributed by atoms with E-state index in [-0.39, 0.29) is 5.92 Å². The van der Waals surface area contributed by atoms with Gasteiger partial charge in [0.05, 0.1) is 6.07 Å². The number of halogens is 1. The Bertz CT molecular complexity index is 93.2. The van der Waals surface area contributed by atoms with Crippen LogP contribution in [-0.4, -0.2) is 4.83 Å².